The van der Waals surface area contributed by atoms with Crippen LogP contribution >= 0.6 is 0 Å². The number of para-hydroxylation sites is 2. The van der Waals surface area contributed by atoms with E-state index in [9.17, 15) is 9.18 Å². The Morgan fingerprint density at radius 2 is 2.06 bits per heavy atom. The maximum atomic E-state index is 13.6. The number of benzene rings is 2. The van der Waals surface area contributed by atoms with Crippen molar-refractivity contribution in [2.24, 2.45) is 0 Å². The number of rotatable bonds is 5. The van der Waals surface area contributed by atoms with Crippen LogP contribution in [0.15, 0.2) is 53.1 Å². The van der Waals surface area contributed by atoms with Crippen molar-refractivity contribution in [2.45, 2.75) is 19.1 Å². The normalized spacial score (nSPS) is 17.3. The van der Waals surface area contributed by atoms with Crippen LogP contribution in [0.3, 0.4) is 0 Å². The van der Waals surface area contributed by atoms with Crippen LogP contribution in [0.4, 0.5) is 4.39 Å². The van der Waals surface area contributed by atoms with Gasteiger partial charge in [-0.05, 0) is 24.3 Å². The van der Waals surface area contributed by atoms with Gasteiger partial charge in [-0.2, -0.15) is 0 Å². The highest BCUT2D eigenvalue weighted by molar-refractivity contribution is 5.78. The third kappa shape index (κ3) is 4.11. The van der Waals surface area contributed by atoms with Crippen molar-refractivity contribution >= 4 is 5.91 Å². The molecule has 0 fully saturated rings. The van der Waals surface area contributed by atoms with Gasteiger partial charge in [0, 0.05) is 24.1 Å². The monoisotopic (exact) mass is 424 g/mol. The molecule has 3 heterocycles. The Morgan fingerprint density at radius 3 is 2.94 bits per heavy atom. The number of fused-ring (bicyclic) bond motifs is 2. The first-order valence-corrected chi connectivity index (χ1v) is 10.1. The molecule has 3 aromatic rings. The second-order valence-electron chi connectivity index (χ2n) is 7.52. The fraction of sp³-hybridized carbons (Fsp3) is 0.304. The summed E-state index contributed by atoms with van der Waals surface area (Å²) in [5.41, 5.74) is 2.01. The molecule has 0 saturated carbocycles. The van der Waals surface area contributed by atoms with Crippen molar-refractivity contribution < 1.29 is 27.9 Å². The predicted molar refractivity (Wildman–Crippen MR) is 108 cm³/mol. The summed E-state index contributed by atoms with van der Waals surface area (Å²) < 4.78 is 36.2. The van der Waals surface area contributed by atoms with E-state index >= 15 is 0 Å². The Morgan fingerprint density at radius 1 is 1.19 bits per heavy atom. The second-order valence-corrected chi connectivity index (χ2v) is 7.52. The van der Waals surface area contributed by atoms with E-state index in [-0.39, 0.29) is 31.0 Å². The molecule has 2 aromatic carbocycles. The minimum atomic E-state index is -0.345. The largest absolute Gasteiger partial charge is 0.486 e. The highest BCUT2D eigenvalue weighted by Crippen LogP contribution is 2.31. The quantitative estimate of drug-likeness (QED) is 0.626. The number of carbonyl (C=O) groups excluding carboxylic acids is 1. The first kappa shape index (κ1) is 19.6. The molecule has 0 N–H and O–H groups in total. The minimum Gasteiger partial charge on any atom is -0.486 e. The van der Waals surface area contributed by atoms with Crippen molar-refractivity contribution in [1.82, 2.24) is 10.1 Å². The number of ether oxygens (including phenoxy) is 3. The first-order chi connectivity index (χ1) is 15.2. The summed E-state index contributed by atoms with van der Waals surface area (Å²) in [5.74, 6) is 1.64. The number of nitrogens with zero attached hydrogens (tertiary/aromatic N) is 2. The Hall–Kier alpha value is -3.39. The van der Waals surface area contributed by atoms with Crippen LogP contribution in [-0.4, -0.2) is 48.4 Å². The van der Waals surface area contributed by atoms with Crippen molar-refractivity contribution in [1.29, 1.82) is 0 Å². The molecular formula is C23H21FN2O5. The van der Waals surface area contributed by atoms with Gasteiger partial charge in [0.25, 0.3) is 0 Å². The Bertz CT molecular complexity index is 1100. The lowest BCUT2D eigenvalue weighted by Crippen LogP contribution is -2.39. The Balaban J connectivity index is 1.17. The molecule has 0 saturated heterocycles. The van der Waals surface area contributed by atoms with Crippen LogP contribution in [0.25, 0.3) is 11.3 Å². The van der Waals surface area contributed by atoms with Gasteiger partial charge in [-0.15, -0.1) is 0 Å². The molecule has 1 amide bonds. The van der Waals surface area contributed by atoms with Gasteiger partial charge in [0.05, 0.1) is 13.2 Å². The van der Waals surface area contributed by atoms with Gasteiger partial charge in [-0.25, -0.2) is 4.39 Å². The number of halogens is 1. The average molecular weight is 424 g/mol. The minimum absolute atomic E-state index is 0.0581. The summed E-state index contributed by atoms with van der Waals surface area (Å²) in [6.07, 6.45) is 0.285. The van der Waals surface area contributed by atoms with Gasteiger partial charge < -0.3 is 23.6 Å². The molecule has 1 aromatic heterocycles. The fourth-order valence-corrected chi connectivity index (χ4v) is 3.80. The van der Waals surface area contributed by atoms with Gasteiger partial charge >= 0.3 is 0 Å². The third-order valence-corrected chi connectivity index (χ3v) is 5.37. The zero-order chi connectivity index (χ0) is 21.2. The summed E-state index contributed by atoms with van der Waals surface area (Å²) in [6, 6.07) is 13.6. The zero-order valence-corrected chi connectivity index (χ0v) is 16.8. The highest BCUT2D eigenvalue weighted by atomic mass is 19.1. The third-order valence-electron chi connectivity index (χ3n) is 5.37. The topological polar surface area (TPSA) is 74.0 Å². The fourth-order valence-electron chi connectivity index (χ4n) is 3.80. The lowest BCUT2D eigenvalue weighted by Gasteiger charge is -2.28. The van der Waals surface area contributed by atoms with E-state index in [0.717, 1.165) is 11.3 Å². The molecule has 1 unspecified atom stereocenters. The van der Waals surface area contributed by atoms with E-state index in [0.29, 0.717) is 48.9 Å². The van der Waals surface area contributed by atoms with E-state index in [4.69, 9.17) is 18.7 Å². The van der Waals surface area contributed by atoms with Crippen molar-refractivity contribution in [3.05, 3.63) is 65.7 Å². The van der Waals surface area contributed by atoms with Gasteiger partial charge in [-0.3, -0.25) is 4.79 Å². The van der Waals surface area contributed by atoms with Crippen LogP contribution < -0.4 is 9.47 Å². The second kappa shape index (κ2) is 8.39. The standard InChI is InChI=1S/C23H21FN2O5/c24-16-5-3-4-15(10-16)23-18-11-26(9-8-19(18)31-25-23)22(27)14-28-12-17-13-29-20-6-1-2-7-21(20)30-17/h1-7,10,17H,8-9,11-14H2. The molecule has 0 spiro atoms. The van der Waals surface area contributed by atoms with E-state index in [1.165, 1.54) is 12.1 Å². The van der Waals surface area contributed by atoms with Crippen LogP contribution in [-0.2, 0) is 22.5 Å². The number of carbonyl (C=O) groups is 1. The Labute approximate surface area is 178 Å². The SMILES string of the molecule is O=C(COCC1COc2ccccc2O1)N1CCc2onc(-c3cccc(F)c3)c2C1. The number of hydrogen-bond donors (Lipinski definition) is 0. The predicted octanol–water partition coefficient (Wildman–Crippen LogP) is 3.22. The van der Waals surface area contributed by atoms with Crippen molar-refractivity contribution in [3.63, 3.8) is 0 Å². The number of hydrogen-bond acceptors (Lipinski definition) is 6. The van der Waals surface area contributed by atoms with E-state index in [2.05, 4.69) is 5.16 Å². The van der Waals surface area contributed by atoms with Gasteiger partial charge in [0.1, 0.15) is 30.5 Å². The molecule has 2 aliphatic rings. The smallest absolute Gasteiger partial charge is 0.248 e. The molecule has 0 aliphatic carbocycles. The zero-order valence-electron chi connectivity index (χ0n) is 16.8. The average Bonchev–Trinajstić information content (AvgIpc) is 3.22. The summed E-state index contributed by atoms with van der Waals surface area (Å²) in [6.45, 7) is 1.43. The lowest BCUT2D eigenvalue weighted by atomic mass is 10.0. The van der Waals surface area contributed by atoms with Gasteiger partial charge in [0.15, 0.2) is 17.6 Å². The van der Waals surface area contributed by atoms with E-state index in [1.54, 1.807) is 17.0 Å². The first-order valence-electron chi connectivity index (χ1n) is 10.1. The maximum absolute atomic E-state index is 13.6. The van der Waals surface area contributed by atoms with Crippen LogP contribution in [0.2, 0.25) is 0 Å². The highest BCUT2D eigenvalue weighted by Gasteiger charge is 2.28. The van der Waals surface area contributed by atoms with Gasteiger partial charge in [0.2, 0.25) is 5.91 Å². The molecule has 160 valence electrons. The van der Waals surface area contributed by atoms with E-state index < -0.39 is 0 Å². The maximum Gasteiger partial charge on any atom is 0.248 e. The number of amides is 1. The van der Waals surface area contributed by atoms with Crippen molar-refractivity contribution in [3.8, 4) is 22.8 Å². The molecular weight excluding hydrogens is 403 g/mol. The molecule has 1 atom stereocenters. The molecule has 8 heteroatoms. The molecule has 31 heavy (non-hydrogen) atoms. The summed E-state index contributed by atoms with van der Waals surface area (Å²) >= 11 is 0. The molecule has 5 rings (SSSR count). The van der Waals surface area contributed by atoms with Crippen LogP contribution in [0.1, 0.15) is 11.3 Å². The summed E-state index contributed by atoms with van der Waals surface area (Å²) in [5, 5.41) is 4.10. The summed E-state index contributed by atoms with van der Waals surface area (Å²) in [7, 11) is 0. The lowest BCUT2D eigenvalue weighted by molar-refractivity contribution is -0.138. The molecule has 0 radical (unpaired) electrons. The Kier molecular flexibility index (Phi) is 5.30. The van der Waals surface area contributed by atoms with E-state index in [1.807, 2.05) is 24.3 Å². The molecule has 7 nitrogen and oxygen atoms in total. The summed E-state index contributed by atoms with van der Waals surface area (Å²) in [4.78, 5) is 14.4. The van der Waals surface area contributed by atoms with Gasteiger partial charge in [-0.1, -0.05) is 29.4 Å². The molecule has 2 aliphatic heterocycles. The number of aromatic nitrogens is 1. The van der Waals surface area contributed by atoms with Crippen LogP contribution in [0.5, 0.6) is 11.5 Å². The molecule has 0 bridgehead atoms. The van der Waals surface area contributed by atoms with Crippen molar-refractivity contribution in [2.75, 3.05) is 26.4 Å². The van der Waals surface area contributed by atoms with Crippen LogP contribution in [0, 0.1) is 5.82 Å².